The van der Waals surface area contributed by atoms with Crippen molar-refractivity contribution in [2.24, 2.45) is 0 Å². The van der Waals surface area contributed by atoms with Crippen LogP contribution in [0, 0.1) is 0 Å². The first-order chi connectivity index (χ1) is 9.43. The van der Waals surface area contributed by atoms with Crippen LogP contribution in [-0.4, -0.2) is 43.0 Å². The van der Waals surface area contributed by atoms with Crippen LogP contribution in [0.2, 0.25) is 0 Å². The molecule has 1 rings (SSSR count). The molecule has 0 aliphatic carbocycles. The van der Waals surface area contributed by atoms with Gasteiger partial charge in [0.05, 0.1) is 6.26 Å². The Balaban J connectivity index is 2.56. The van der Waals surface area contributed by atoms with Gasteiger partial charge in [-0.2, -0.15) is 4.31 Å². The molecule has 1 heterocycles. The van der Waals surface area contributed by atoms with Crippen LogP contribution in [0.1, 0.15) is 25.3 Å². The number of aromatic nitrogens is 1. The minimum absolute atomic E-state index is 0.0534. The molecule has 0 saturated heterocycles. The van der Waals surface area contributed by atoms with Crippen LogP contribution in [0.5, 0.6) is 0 Å². The van der Waals surface area contributed by atoms with E-state index in [2.05, 4.69) is 10.3 Å². The zero-order chi connectivity index (χ0) is 15.0. The zero-order valence-electron chi connectivity index (χ0n) is 11.9. The normalized spacial score (nSPS) is 11.6. The summed E-state index contributed by atoms with van der Waals surface area (Å²) >= 11 is 0. The number of hydrogen-bond acceptors (Lipinski definition) is 4. The molecule has 0 bridgehead atoms. The molecule has 0 unspecified atom stereocenters. The van der Waals surface area contributed by atoms with E-state index in [1.165, 1.54) is 4.31 Å². The van der Waals surface area contributed by atoms with Gasteiger partial charge in [-0.05, 0) is 18.1 Å². The summed E-state index contributed by atoms with van der Waals surface area (Å²) in [7, 11) is -3.32. The summed E-state index contributed by atoms with van der Waals surface area (Å²) in [6.45, 7) is 2.75. The molecular formula is C13H21N3O3S. The van der Waals surface area contributed by atoms with E-state index in [1.807, 2.05) is 13.0 Å². The van der Waals surface area contributed by atoms with Crippen LogP contribution in [0.3, 0.4) is 0 Å². The SMILES string of the molecule is CCCC(=O)NCCN(Cc1cccnc1)S(C)(=O)=O. The van der Waals surface area contributed by atoms with Gasteiger partial charge in [-0.15, -0.1) is 0 Å². The topological polar surface area (TPSA) is 79.4 Å². The van der Waals surface area contributed by atoms with Crippen LogP contribution in [0.25, 0.3) is 0 Å². The summed E-state index contributed by atoms with van der Waals surface area (Å²) in [5.41, 5.74) is 0.817. The molecule has 0 saturated carbocycles. The Hall–Kier alpha value is -1.47. The van der Waals surface area contributed by atoms with E-state index in [-0.39, 0.29) is 19.0 Å². The molecule has 0 aliphatic rings. The highest BCUT2D eigenvalue weighted by Gasteiger charge is 2.16. The molecule has 0 fully saturated rings. The predicted octanol–water partition coefficient (Wildman–Crippen LogP) is 0.760. The lowest BCUT2D eigenvalue weighted by Crippen LogP contribution is -2.37. The molecule has 7 heteroatoms. The molecule has 0 atom stereocenters. The highest BCUT2D eigenvalue weighted by atomic mass is 32.2. The van der Waals surface area contributed by atoms with Gasteiger partial charge >= 0.3 is 0 Å². The van der Waals surface area contributed by atoms with Crippen molar-refractivity contribution in [3.05, 3.63) is 30.1 Å². The smallest absolute Gasteiger partial charge is 0.220 e. The number of carbonyl (C=O) groups is 1. The van der Waals surface area contributed by atoms with Gasteiger partial charge in [0.2, 0.25) is 15.9 Å². The van der Waals surface area contributed by atoms with Gasteiger partial charge in [-0.1, -0.05) is 13.0 Å². The number of nitrogens with zero attached hydrogens (tertiary/aromatic N) is 2. The fraction of sp³-hybridized carbons (Fsp3) is 0.538. The van der Waals surface area contributed by atoms with Gasteiger partial charge in [0.15, 0.2) is 0 Å². The van der Waals surface area contributed by atoms with Crippen molar-refractivity contribution < 1.29 is 13.2 Å². The molecule has 1 aromatic heterocycles. The number of hydrogen-bond donors (Lipinski definition) is 1. The Bertz CT molecular complexity index is 517. The molecule has 1 N–H and O–H groups in total. The molecular weight excluding hydrogens is 278 g/mol. The molecule has 0 radical (unpaired) electrons. The maximum Gasteiger partial charge on any atom is 0.220 e. The quantitative estimate of drug-likeness (QED) is 0.768. The van der Waals surface area contributed by atoms with Gasteiger partial charge in [-0.25, -0.2) is 8.42 Å². The fourth-order valence-electron chi connectivity index (χ4n) is 1.69. The van der Waals surface area contributed by atoms with Gasteiger partial charge in [0.1, 0.15) is 0 Å². The van der Waals surface area contributed by atoms with E-state index >= 15 is 0 Å². The summed E-state index contributed by atoms with van der Waals surface area (Å²) in [6, 6.07) is 3.58. The largest absolute Gasteiger partial charge is 0.355 e. The second kappa shape index (κ2) is 7.96. The Morgan fingerprint density at radius 1 is 1.45 bits per heavy atom. The van der Waals surface area contributed by atoms with E-state index < -0.39 is 10.0 Å². The average molecular weight is 299 g/mol. The van der Waals surface area contributed by atoms with E-state index in [9.17, 15) is 13.2 Å². The Labute approximate surface area is 120 Å². The van der Waals surface area contributed by atoms with E-state index in [1.54, 1.807) is 18.5 Å². The molecule has 20 heavy (non-hydrogen) atoms. The van der Waals surface area contributed by atoms with Gasteiger partial charge in [0.25, 0.3) is 0 Å². The lowest BCUT2D eigenvalue weighted by molar-refractivity contribution is -0.121. The molecule has 112 valence electrons. The van der Waals surface area contributed by atoms with E-state index in [4.69, 9.17) is 0 Å². The van der Waals surface area contributed by atoms with E-state index in [0.29, 0.717) is 13.0 Å². The summed E-state index contributed by atoms with van der Waals surface area (Å²) in [5.74, 6) is -0.0534. The predicted molar refractivity (Wildman–Crippen MR) is 77.4 cm³/mol. The average Bonchev–Trinajstić information content (AvgIpc) is 2.38. The number of pyridine rings is 1. The van der Waals surface area contributed by atoms with Gasteiger partial charge < -0.3 is 5.32 Å². The Morgan fingerprint density at radius 3 is 2.75 bits per heavy atom. The van der Waals surface area contributed by atoms with Gasteiger partial charge in [-0.3, -0.25) is 9.78 Å². The minimum atomic E-state index is -3.32. The van der Waals surface area contributed by atoms with Crippen LogP contribution in [0.15, 0.2) is 24.5 Å². The van der Waals surface area contributed by atoms with Crippen molar-refractivity contribution in [2.75, 3.05) is 19.3 Å². The maximum atomic E-state index is 11.7. The van der Waals surface area contributed by atoms with Gasteiger partial charge in [0, 0.05) is 38.4 Å². The lowest BCUT2D eigenvalue weighted by Gasteiger charge is -2.20. The summed E-state index contributed by atoms with van der Waals surface area (Å²) < 4.78 is 24.8. The molecule has 0 aliphatic heterocycles. The molecule has 0 aromatic carbocycles. The number of carbonyl (C=O) groups excluding carboxylic acids is 1. The number of sulfonamides is 1. The number of rotatable bonds is 8. The Morgan fingerprint density at radius 2 is 2.20 bits per heavy atom. The molecule has 1 amide bonds. The molecule has 6 nitrogen and oxygen atoms in total. The van der Waals surface area contributed by atoms with Crippen molar-refractivity contribution in [1.82, 2.24) is 14.6 Å². The first-order valence-electron chi connectivity index (χ1n) is 6.54. The van der Waals surface area contributed by atoms with Crippen LogP contribution in [-0.2, 0) is 21.4 Å². The summed E-state index contributed by atoms with van der Waals surface area (Å²) in [5, 5.41) is 2.71. The molecule has 1 aromatic rings. The third-order valence-electron chi connectivity index (χ3n) is 2.71. The highest BCUT2D eigenvalue weighted by Crippen LogP contribution is 2.06. The number of amides is 1. The van der Waals surface area contributed by atoms with Crippen molar-refractivity contribution in [2.45, 2.75) is 26.3 Å². The van der Waals surface area contributed by atoms with Crippen molar-refractivity contribution in [3.8, 4) is 0 Å². The van der Waals surface area contributed by atoms with Crippen molar-refractivity contribution >= 4 is 15.9 Å². The van der Waals surface area contributed by atoms with E-state index in [0.717, 1.165) is 18.2 Å². The maximum absolute atomic E-state index is 11.7. The summed E-state index contributed by atoms with van der Waals surface area (Å²) in [4.78, 5) is 15.3. The monoisotopic (exact) mass is 299 g/mol. The Kier molecular flexibility index (Phi) is 6.60. The second-order valence-corrected chi connectivity index (χ2v) is 6.54. The van der Waals surface area contributed by atoms with Crippen LogP contribution < -0.4 is 5.32 Å². The first-order valence-corrected chi connectivity index (χ1v) is 8.39. The molecule has 0 spiro atoms. The van der Waals surface area contributed by atoms with Crippen LogP contribution in [0.4, 0.5) is 0 Å². The highest BCUT2D eigenvalue weighted by molar-refractivity contribution is 7.88. The van der Waals surface area contributed by atoms with Crippen LogP contribution >= 0.6 is 0 Å². The zero-order valence-corrected chi connectivity index (χ0v) is 12.7. The summed E-state index contributed by atoms with van der Waals surface area (Å²) in [6.07, 6.45) is 5.67. The fourth-order valence-corrected chi connectivity index (χ4v) is 2.50. The minimum Gasteiger partial charge on any atom is -0.355 e. The number of nitrogens with one attached hydrogen (secondary N) is 1. The van der Waals surface area contributed by atoms with Crippen molar-refractivity contribution in [3.63, 3.8) is 0 Å². The first kappa shape index (κ1) is 16.6. The van der Waals surface area contributed by atoms with Crippen molar-refractivity contribution in [1.29, 1.82) is 0 Å². The second-order valence-electron chi connectivity index (χ2n) is 4.56. The lowest BCUT2D eigenvalue weighted by atomic mass is 10.3. The standard InChI is InChI=1S/C13H21N3O3S/c1-3-5-13(17)15-8-9-16(20(2,18)19)11-12-6-4-7-14-10-12/h4,6-7,10H,3,5,8-9,11H2,1-2H3,(H,15,17). The third kappa shape index (κ3) is 6.12. The third-order valence-corrected chi connectivity index (χ3v) is 3.96.